The first kappa shape index (κ1) is 16.6. The maximum absolute atomic E-state index is 11.6. The molecule has 0 fully saturated rings. The summed E-state index contributed by atoms with van der Waals surface area (Å²) in [4.78, 5) is 22.0. The fourth-order valence-electron chi connectivity index (χ4n) is 1.62. The van der Waals surface area contributed by atoms with E-state index in [9.17, 15) is 14.9 Å². The Kier molecular flexibility index (Phi) is 5.64. The van der Waals surface area contributed by atoms with Crippen molar-refractivity contribution in [3.8, 4) is 0 Å². The Balaban J connectivity index is 2.57. The SMILES string of the molecule is CC(C)(C)NC(=O)CNCc1cccc([N+](=O)[O-])c1Br. The van der Waals surface area contributed by atoms with E-state index in [4.69, 9.17) is 0 Å². The average Bonchev–Trinajstić information content (AvgIpc) is 2.28. The lowest BCUT2D eigenvalue weighted by Crippen LogP contribution is -2.44. The van der Waals surface area contributed by atoms with E-state index >= 15 is 0 Å². The van der Waals surface area contributed by atoms with E-state index in [1.54, 1.807) is 12.1 Å². The standard InChI is InChI=1S/C13H18BrN3O3/c1-13(2,3)16-11(18)8-15-7-9-5-4-6-10(12(9)14)17(19)20/h4-6,15H,7-8H2,1-3H3,(H,16,18). The van der Waals surface area contributed by atoms with Gasteiger partial charge in [-0.25, -0.2) is 0 Å². The molecule has 0 heterocycles. The summed E-state index contributed by atoms with van der Waals surface area (Å²) in [5.41, 5.74) is 0.483. The van der Waals surface area contributed by atoms with Gasteiger partial charge in [-0.1, -0.05) is 12.1 Å². The van der Waals surface area contributed by atoms with Crippen molar-refractivity contribution in [2.45, 2.75) is 32.9 Å². The third kappa shape index (κ3) is 5.26. The normalized spacial score (nSPS) is 11.2. The molecule has 0 saturated heterocycles. The number of amides is 1. The largest absolute Gasteiger partial charge is 0.350 e. The van der Waals surface area contributed by atoms with Crippen molar-refractivity contribution >= 4 is 27.5 Å². The molecule has 20 heavy (non-hydrogen) atoms. The number of halogens is 1. The molecule has 0 spiro atoms. The van der Waals surface area contributed by atoms with Gasteiger partial charge in [-0.2, -0.15) is 0 Å². The topological polar surface area (TPSA) is 84.3 Å². The van der Waals surface area contributed by atoms with Crippen LogP contribution in [0.4, 0.5) is 5.69 Å². The van der Waals surface area contributed by atoms with Crippen molar-refractivity contribution in [2.24, 2.45) is 0 Å². The summed E-state index contributed by atoms with van der Waals surface area (Å²) in [6.45, 7) is 6.25. The second-order valence-corrected chi connectivity index (χ2v) is 6.20. The van der Waals surface area contributed by atoms with Crippen LogP contribution in [0.2, 0.25) is 0 Å². The van der Waals surface area contributed by atoms with Crippen LogP contribution in [-0.4, -0.2) is 22.9 Å². The minimum atomic E-state index is -0.445. The van der Waals surface area contributed by atoms with Crippen molar-refractivity contribution < 1.29 is 9.72 Å². The first-order valence-electron chi connectivity index (χ1n) is 6.14. The number of rotatable bonds is 5. The quantitative estimate of drug-likeness (QED) is 0.634. The Morgan fingerprint density at radius 2 is 2.05 bits per heavy atom. The lowest BCUT2D eigenvalue weighted by Gasteiger charge is -2.20. The molecular weight excluding hydrogens is 326 g/mol. The molecule has 0 aromatic heterocycles. The van der Waals surface area contributed by atoms with Gasteiger partial charge in [0, 0.05) is 18.2 Å². The Hall–Kier alpha value is -1.47. The van der Waals surface area contributed by atoms with Gasteiger partial charge >= 0.3 is 0 Å². The van der Waals surface area contributed by atoms with Gasteiger partial charge in [-0.3, -0.25) is 14.9 Å². The molecule has 6 nitrogen and oxygen atoms in total. The van der Waals surface area contributed by atoms with Crippen molar-refractivity contribution in [1.29, 1.82) is 0 Å². The lowest BCUT2D eigenvalue weighted by molar-refractivity contribution is -0.385. The van der Waals surface area contributed by atoms with Crippen molar-refractivity contribution in [1.82, 2.24) is 10.6 Å². The number of benzene rings is 1. The third-order valence-electron chi connectivity index (χ3n) is 2.37. The van der Waals surface area contributed by atoms with E-state index in [1.807, 2.05) is 20.8 Å². The second kappa shape index (κ2) is 6.81. The second-order valence-electron chi connectivity index (χ2n) is 5.41. The van der Waals surface area contributed by atoms with Crippen LogP contribution in [0.3, 0.4) is 0 Å². The van der Waals surface area contributed by atoms with Crippen LogP contribution in [-0.2, 0) is 11.3 Å². The molecule has 0 unspecified atom stereocenters. The van der Waals surface area contributed by atoms with Crippen LogP contribution in [0, 0.1) is 10.1 Å². The Bertz CT molecular complexity index is 512. The molecule has 1 aromatic rings. The zero-order chi connectivity index (χ0) is 15.3. The zero-order valence-corrected chi connectivity index (χ0v) is 13.3. The summed E-state index contributed by atoms with van der Waals surface area (Å²) in [7, 11) is 0. The highest BCUT2D eigenvalue weighted by Crippen LogP contribution is 2.27. The highest BCUT2D eigenvalue weighted by atomic mass is 79.9. The van der Waals surface area contributed by atoms with Gasteiger partial charge in [0.05, 0.1) is 15.9 Å². The van der Waals surface area contributed by atoms with E-state index in [2.05, 4.69) is 26.6 Å². The maximum atomic E-state index is 11.6. The zero-order valence-electron chi connectivity index (χ0n) is 11.7. The molecule has 7 heteroatoms. The molecule has 1 aromatic carbocycles. The molecule has 0 radical (unpaired) electrons. The summed E-state index contributed by atoms with van der Waals surface area (Å²) < 4.78 is 0.439. The highest BCUT2D eigenvalue weighted by Gasteiger charge is 2.16. The molecule has 1 rings (SSSR count). The van der Waals surface area contributed by atoms with Crippen LogP contribution >= 0.6 is 15.9 Å². The minimum Gasteiger partial charge on any atom is -0.350 e. The van der Waals surface area contributed by atoms with Gasteiger partial charge in [0.1, 0.15) is 0 Å². The summed E-state index contributed by atoms with van der Waals surface area (Å²) in [5.74, 6) is -0.112. The number of carbonyl (C=O) groups is 1. The molecule has 0 aliphatic heterocycles. The van der Waals surface area contributed by atoms with Gasteiger partial charge in [-0.15, -0.1) is 0 Å². The smallest absolute Gasteiger partial charge is 0.283 e. The Morgan fingerprint density at radius 1 is 1.40 bits per heavy atom. The number of nitro groups is 1. The number of hydrogen-bond donors (Lipinski definition) is 2. The van der Waals surface area contributed by atoms with Crippen LogP contribution in [0.25, 0.3) is 0 Å². The predicted octanol–water partition coefficient (Wildman–Crippen LogP) is 2.36. The molecule has 1 amide bonds. The van der Waals surface area contributed by atoms with Crippen molar-refractivity contribution in [3.63, 3.8) is 0 Å². The highest BCUT2D eigenvalue weighted by molar-refractivity contribution is 9.10. The van der Waals surface area contributed by atoms with Crippen molar-refractivity contribution in [2.75, 3.05) is 6.54 Å². The number of nitrogens with one attached hydrogen (secondary N) is 2. The first-order valence-corrected chi connectivity index (χ1v) is 6.93. The number of nitro benzene ring substituents is 1. The summed E-state index contributed by atoms with van der Waals surface area (Å²) >= 11 is 3.22. The van der Waals surface area contributed by atoms with Crippen LogP contribution in [0.15, 0.2) is 22.7 Å². The first-order chi connectivity index (χ1) is 9.20. The molecule has 110 valence electrons. The van der Waals surface area contributed by atoms with E-state index in [0.717, 1.165) is 5.56 Å². The monoisotopic (exact) mass is 343 g/mol. The third-order valence-corrected chi connectivity index (χ3v) is 3.29. The molecule has 0 saturated carbocycles. The maximum Gasteiger partial charge on any atom is 0.283 e. The summed E-state index contributed by atoms with van der Waals surface area (Å²) in [6.07, 6.45) is 0. The van der Waals surface area contributed by atoms with Crippen LogP contribution in [0.5, 0.6) is 0 Å². The Labute approximate surface area is 126 Å². The van der Waals surface area contributed by atoms with Gasteiger partial charge < -0.3 is 10.6 Å². The molecule has 0 atom stereocenters. The molecule has 0 aliphatic carbocycles. The fraction of sp³-hybridized carbons (Fsp3) is 0.462. The van der Waals surface area contributed by atoms with E-state index in [0.29, 0.717) is 11.0 Å². The van der Waals surface area contributed by atoms with Gasteiger partial charge in [-0.05, 0) is 42.3 Å². The van der Waals surface area contributed by atoms with E-state index in [-0.39, 0.29) is 23.7 Å². The summed E-state index contributed by atoms with van der Waals surface area (Å²) in [5, 5.41) is 16.6. The van der Waals surface area contributed by atoms with Crippen LogP contribution in [0.1, 0.15) is 26.3 Å². The molecule has 0 aliphatic rings. The number of hydrogen-bond acceptors (Lipinski definition) is 4. The lowest BCUT2D eigenvalue weighted by atomic mass is 10.1. The predicted molar refractivity (Wildman–Crippen MR) is 80.4 cm³/mol. The molecule has 2 N–H and O–H groups in total. The van der Waals surface area contributed by atoms with Crippen molar-refractivity contribution in [3.05, 3.63) is 38.3 Å². The fourth-order valence-corrected chi connectivity index (χ4v) is 2.17. The number of carbonyl (C=O) groups excluding carboxylic acids is 1. The number of nitrogens with zero attached hydrogens (tertiary/aromatic N) is 1. The Morgan fingerprint density at radius 3 is 2.60 bits per heavy atom. The van der Waals surface area contributed by atoms with E-state index in [1.165, 1.54) is 6.07 Å². The average molecular weight is 344 g/mol. The molecule has 0 bridgehead atoms. The van der Waals surface area contributed by atoms with Gasteiger partial charge in [0.2, 0.25) is 5.91 Å². The van der Waals surface area contributed by atoms with Crippen LogP contribution < -0.4 is 10.6 Å². The minimum absolute atomic E-state index is 0.0171. The van der Waals surface area contributed by atoms with Gasteiger partial charge in [0.15, 0.2) is 0 Å². The summed E-state index contributed by atoms with van der Waals surface area (Å²) in [6, 6.07) is 4.82. The molecular formula is C13H18BrN3O3. The van der Waals surface area contributed by atoms with Gasteiger partial charge in [0.25, 0.3) is 5.69 Å². The van der Waals surface area contributed by atoms with E-state index < -0.39 is 4.92 Å².